The molecule has 0 N–H and O–H groups in total. The van der Waals surface area contributed by atoms with E-state index in [9.17, 15) is 5.26 Å². The highest BCUT2D eigenvalue weighted by molar-refractivity contribution is 6.15. The van der Waals surface area contributed by atoms with Gasteiger partial charge in [0, 0.05) is 60.1 Å². The van der Waals surface area contributed by atoms with Crippen LogP contribution in [0.3, 0.4) is 0 Å². The zero-order valence-corrected chi connectivity index (χ0v) is 43.0. The van der Waals surface area contributed by atoms with Crippen LogP contribution in [0.25, 0.3) is 139 Å². The second-order valence-electron chi connectivity index (χ2n) is 19.9. The van der Waals surface area contributed by atoms with Crippen LogP contribution < -0.4 is 0 Å². The van der Waals surface area contributed by atoms with Gasteiger partial charge in [0.1, 0.15) is 6.07 Å². The van der Waals surface area contributed by atoms with E-state index in [1.807, 2.05) is 72.8 Å². The summed E-state index contributed by atoms with van der Waals surface area (Å²) in [6, 6.07) is 83.3. The first kappa shape index (κ1) is 45.5. The molecule has 0 unspecified atom stereocenters. The zero-order valence-electron chi connectivity index (χ0n) is 43.0. The van der Waals surface area contributed by atoms with E-state index in [4.69, 9.17) is 15.0 Å². The van der Waals surface area contributed by atoms with E-state index in [1.54, 1.807) is 0 Å². The van der Waals surface area contributed by atoms with Crippen molar-refractivity contribution in [3.8, 4) is 63.0 Å². The summed E-state index contributed by atoms with van der Waals surface area (Å²) in [5.74, 6) is 1.30. The van der Waals surface area contributed by atoms with E-state index in [0.29, 0.717) is 34.3 Å². The molecule has 5 heterocycles. The van der Waals surface area contributed by atoms with Crippen molar-refractivity contribution in [2.45, 2.75) is 6.92 Å². The predicted molar refractivity (Wildman–Crippen MR) is 325 cm³/mol. The fourth-order valence-electron chi connectivity index (χ4n) is 12.3. The normalized spacial score (nSPS) is 11.8. The molecular weight excluding hydrogens is 965 g/mol. The van der Waals surface area contributed by atoms with Crippen LogP contribution in [0.5, 0.6) is 0 Å². The number of rotatable bonds is 9. The summed E-state index contributed by atoms with van der Waals surface area (Å²) >= 11 is 0. The fourth-order valence-corrected chi connectivity index (χ4v) is 12.3. The Bertz CT molecular complexity index is 4840. The SMILES string of the molecule is C=C/C=C\c1c(C)n(-c2c(-c3nc(-c4ccccc4)nc(-c4ccccc4)n3)c(C#N)c(-n3c4ccccc4c4ccccc43)c(-n3c4ccccc4c4ccccc43)c2-n2c3ccccc3c3ccccc32)c2ccccc12. The number of aromatic nitrogens is 7. The number of nitrogens with zero attached hydrogens (tertiary/aromatic N) is 8. The number of nitriles is 1. The summed E-state index contributed by atoms with van der Waals surface area (Å²) in [6.07, 6.45) is 5.94. The van der Waals surface area contributed by atoms with Gasteiger partial charge >= 0.3 is 0 Å². The molecule has 0 atom stereocenters. The second kappa shape index (κ2) is 18.2. The lowest BCUT2D eigenvalue weighted by Crippen LogP contribution is -2.18. The van der Waals surface area contributed by atoms with Crippen LogP contribution in [-0.2, 0) is 0 Å². The Hall–Kier alpha value is -10.9. The van der Waals surface area contributed by atoms with Crippen molar-refractivity contribution < 1.29 is 0 Å². The maximum absolute atomic E-state index is 12.9. The van der Waals surface area contributed by atoms with Gasteiger partial charge in [-0.2, -0.15) is 5.26 Å². The second-order valence-corrected chi connectivity index (χ2v) is 19.9. The van der Waals surface area contributed by atoms with Gasteiger partial charge in [-0.3, -0.25) is 0 Å². The van der Waals surface area contributed by atoms with Crippen LogP contribution in [-0.4, -0.2) is 33.2 Å². The maximum Gasteiger partial charge on any atom is 0.167 e. The third kappa shape index (κ3) is 6.83. The van der Waals surface area contributed by atoms with Crippen molar-refractivity contribution in [3.05, 3.63) is 266 Å². The summed E-state index contributed by atoms with van der Waals surface area (Å²) < 4.78 is 9.53. The van der Waals surface area contributed by atoms with Gasteiger partial charge in [-0.15, -0.1) is 0 Å². The van der Waals surface area contributed by atoms with Gasteiger partial charge in [-0.05, 0) is 49.4 Å². The Morgan fingerprint density at radius 2 is 0.684 bits per heavy atom. The first-order chi connectivity index (χ1) is 39.1. The van der Waals surface area contributed by atoms with Gasteiger partial charge < -0.3 is 18.3 Å². The molecule has 0 aliphatic heterocycles. The number of fused-ring (bicyclic) bond motifs is 10. The smallest absolute Gasteiger partial charge is 0.167 e. The quantitative estimate of drug-likeness (QED) is 0.135. The van der Waals surface area contributed by atoms with Crippen molar-refractivity contribution in [2.24, 2.45) is 0 Å². The molecule has 0 fully saturated rings. The van der Waals surface area contributed by atoms with E-state index in [0.717, 1.165) is 116 Å². The van der Waals surface area contributed by atoms with Crippen molar-refractivity contribution in [2.75, 3.05) is 0 Å². The molecule has 79 heavy (non-hydrogen) atoms. The fraction of sp³-hybridized carbons (Fsp3) is 0.0141. The predicted octanol–water partition coefficient (Wildman–Crippen LogP) is 17.5. The Morgan fingerprint density at radius 1 is 0.367 bits per heavy atom. The molecule has 5 aromatic heterocycles. The van der Waals surface area contributed by atoms with Gasteiger partial charge in [0.2, 0.25) is 0 Å². The van der Waals surface area contributed by atoms with Crippen molar-refractivity contribution in [1.82, 2.24) is 33.2 Å². The van der Waals surface area contributed by atoms with Crippen LogP contribution in [0.15, 0.2) is 249 Å². The van der Waals surface area contributed by atoms with E-state index in [2.05, 4.69) is 214 Å². The minimum atomic E-state index is 0.345. The molecule has 15 aromatic rings. The molecule has 0 aliphatic carbocycles. The number of benzene rings is 10. The molecule has 0 bridgehead atoms. The number of hydrogen-bond acceptors (Lipinski definition) is 4. The standard InChI is InChI=1S/C71H46N8/c1-3-4-29-48-45(2)76(57-37-18-11-30-49(48)57)66-64(71-74-69(46-25-7-5-8-26-46)73-70(75-71)47-27-9-6-10-28-47)56(44-72)65(77-58-38-19-12-31-50(58)51-32-13-20-39-59(51)77)67(78-60-40-21-14-33-52(60)53-34-15-22-41-61(53)78)68(66)79-62-42-23-16-35-54(62)55-36-17-24-43-63(55)79/h3-43H,1H2,2H3/b29-4-. The highest BCUT2D eigenvalue weighted by Gasteiger charge is 2.36. The van der Waals surface area contributed by atoms with Crippen molar-refractivity contribution in [1.29, 1.82) is 5.26 Å². The third-order valence-corrected chi connectivity index (χ3v) is 15.6. The molecule has 0 saturated heterocycles. The molecular formula is C71H46N8. The first-order valence-corrected chi connectivity index (χ1v) is 26.5. The van der Waals surface area contributed by atoms with Gasteiger partial charge in [0.25, 0.3) is 0 Å². The molecule has 0 saturated carbocycles. The van der Waals surface area contributed by atoms with E-state index < -0.39 is 0 Å². The topological polar surface area (TPSA) is 82.2 Å². The lowest BCUT2D eigenvalue weighted by atomic mass is 9.96. The molecule has 10 aromatic carbocycles. The molecule has 8 heteroatoms. The minimum absolute atomic E-state index is 0.345. The number of hydrogen-bond donors (Lipinski definition) is 0. The van der Waals surface area contributed by atoms with Crippen LogP contribution >= 0.6 is 0 Å². The number of para-hydroxylation sites is 7. The molecule has 370 valence electrons. The van der Waals surface area contributed by atoms with E-state index >= 15 is 0 Å². The summed E-state index contributed by atoms with van der Waals surface area (Å²) in [7, 11) is 0. The molecule has 0 amide bonds. The van der Waals surface area contributed by atoms with Crippen LogP contribution in [0.1, 0.15) is 16.8 Å². The van der Waals surface area contributed by atoms with Crippen LogP contribution in [0.2, 0.25) is 0 Å². The van der Waals surface area contributed by atoms with Crippen molar-refractivity contribution >= 4 is 82.4 Å². The first-order valence-electron chi connectivity index (χ1n) is 26.5. The zero-order chi connectivity index (χ0) is 52.7. The Balaban J connectivity index is 1.31. The molecule has 8 nitrogen and oxygen atoms in total. The average Bonchev–Trinajstić information content (AvgIpc) is 4.24. The highest BCUT2D eigenvalue weighted by atomic mass is 15.2. The van der Waals surface area contributed by atoms with E-state index in [1.165, 1.54) is 0 Å². The average molecular weight is 1010 g/mol. The van der Waals surface area contributed by atoms with E-state index in [-0.39, 0.29) is 0 Å². The Labute approximate surface area is 454 Å². The summed E-state index contributed by atoms with van der Waals surface area (Å²) in [6.45, 7) is 6.28. The van der Waals surface area contributed by atoms with Crippen LogP contribution in [0, 0.1) is 18.3 Å². The van der Waals surface area contributed by atoms with Gasteiger partial charge in [0.05, 0.1) is 72.5 Å². The maximum atomic E-state index is 12.9. The third-order valence-electron chi connectivity index (χ3n) is 15.6. The lowest BCUT2D eigenvalue weighted by Gasteiger charge is -2.29. The van der Waals surface area contributed by atoms with Gasteiger partial charge in [0.15, 0.2) is 17.5 Å². The summed E-state index contributed by atoms with van der Waals surface area (Å²) in [4.78, 5) is 16.5. The largest absolute Gasteiger partial charge is 0.310 e. The van der Waals surface area contributed by atoms with Gasteiger partial charge in [-0.25, -0.2) is 15.0 Å². The Kier molecular flexibility index (Phi) is 10.5. The number of allylic oxidation sites excluding steroid dienone is 2. The lowest BCUT2D eigenvalue weighted by molar-refractivity contribution is 0.977. The van der Waals surface area contributed by atoms with Gasteiger partial charge in [-0.1, -0.05) is 213 Å². The molecule has 15 rings (SSSR count). The summed E-state index contributed by atoms with van der Waals surface area (Å²) in [5.41, 5.74) is 14.3. The minimum Gasteiger partial charge on any atom is -0.310 e. The molecule has 0 aliphatic rings. The monoisotopic (exact) mass is 1010 g/mol. The molecule has 0 spiro atoms. The highest BCUT2D eigenvalue weighted by Crippen LogP contribution is 2.51. The Morgan fingerprint density at radius 3 is 1.06 bits per heavy atom. The molecule has 0 radical (unpaired) electrons. The summed E-state index contributed by atoms with van der Waals surface area (Å²) in [5, 5.41) is 20.4. The van der Waals surface area contributed by atoms with Crippen molar-refractivity contribution in [3.63, 3.8) is 0 Å². The van der Waals surface area contributed by atoms with Crippen LogP contribution in [0.4, 0.5) is 0 Å².